The van der Waals surface area contributed by atoms with Crippen LogP contribution in [-0.4, -0.2) is 40.9 Å². The van der Waals surface area contributed by atoms with E-state index >= 15 is 0 Å². The highest BCUT2D eigenvalue weighted by molar-refractivity contribution is 5.97. The van der Waals surface area contributed by atoms with Crippen LogP contribution in [0.5, 0.6) is 0 Å². The Kier molecular flexibility index (Phi) is 7.71. The van der Waals surface area contributed by atoms with Crippen molar-refractivity contribution < 1.29 is 19.5 Å². The van der Waals surface area contributed by atoms with Crippen LogP contribution in [0.3, 0.4) is 0 Å². The molecule has 2 amide bonds. The first-order chi connectivity index (χ1) is 13.8. The van der Waals surface area contributed by atoms with Crippen LogP contribution in [0.15, 0.2) is 66.7 Å². The molecule has 6 nitrogen and oxygen atoms in total. The lowest BCUT2D eigenvalue weighted by molar-refractivity contribution is -0.132. The number of carboxylic acids is 1. The number of aliphatic carboxylic acids is 1. The van der Waals surface area contributed by atoms with Crippen molar-refractivity contribution in [3.63, 3.8) is 0 Å². The predicted octanol–water partition coefficient (Wildman–Crippen LogP) is 3.21. The summed E-state index contributed by atoms with van der Waals surface area (Å²) in [5.41, 5.74) is 2.32. The molecule has 0 fully saturated rings. The van der Waals surface area contributed by atoms with E-state index in [9.17, 15) is 14.4 Å². The molecule has 0 aliphatic heterocycles. The Morgan fingerprint density at radius 1 is 1.00 bits per heavy atom. The van der Waals surface area contributed by atoms with Gasteiger partial charge in [-0.05, 0) is 37.5 Å². The number of hydrogen-bond acceptors (Lipinski definition) is 3. The number of benzene rings is 2. The lowest BCUT2D eigenvalue weighted by atomic mass is 9.99. The topological polar surface area (TPSA) is 86.7 Å². The van der Waals surface area contributed by atoms with Gasteiger partial charge in [0.25, 0.3) is 5.91 Å². The minimum absolute atomic E-state index is 0.0638. The molecule has 2 atom stereocenters. The Labute approximate surface area is 170 Å². The molecule has 2 aromatic carbocycles. The van der Waals surface area contributed by atoms with Crippen molar-refractivity contribution in [2.45, 2.75) is 32.4 Å². The van der Waals surface area contributed by atoms with Gasteiger partial charge < -0.3 is 15.3 Å². The van der Waals surface area contributed by atoms with Gasteiger partial charge in [0.1, 0.15) is 0 Å². The van der Waals surface area contributed by atoms with Crippen molar-refractivity contribution >= 4 is 17.8 Å². The number of rotatable bonds is 8. The van der Waals surface area contributed by atoms with Crippen LogP contribution in [0, 0.1) is 0 Å². The average molecular weight is 394 g/mol. The van der Waals surface area contributed by atoms with Crippen molar-refractivity contribution in [2.24, 2.45) is 0 Å². The molecule has 0 aliphatic rings. The third kappa shape index (κ3) is 6.31. The van der Waals surface area contributed by atoms with Crippen molar-refractivity contribution in [2.75, 3.05) is 7.05 Å². The van der Waals surface area contributed by atoms with Crippen molar-refractivity contribution in [1.29, 1.82) is 0 Å². The molecular weight excluding hydrogens is 368 g/mol. The first-order valence-electron chi connectivity index (χ1n) is 9.41. The van der Waals surface area contributed by atoms with Gasteiger partial charge >= 0.3 is 5.97 Å². The highest BCUT2D eigenvalue weighted by atomic mass is 16.4. The molecule has 0 saturated heterocycles. The number of likely N-dealkylation sites (N-methyl/N-ethyl adjacent to an activating group) is 1. The first-order valence-corrected chi connectivity index (χ1v) is 9.41. The van der Waals surface area contributed by atoms with Gasteiger partial charge in [-0.25, -0.2) is 4.79 Å². The second kappa shape index (κ2) is 10.2. The maximum absolute atomic E-state index is 12.9. The molecule has 2 unspecified atom stereocenters. The zero-order valence-corrected chi connectivity index (χ0v) is 16.8. The molecule has 2 rings (SSSR count). The minimum Gasteiger partial charge on any atom is -0.478 e. The van der Waals surface area contributed by atoms with Crippen LogP contribution >= 0.6 is 0 Å². The molecule has 2 aromatic rings. The van der Waals surface area contributed by atoms with Crippen molar-refractivity contribution in [3.05, 3.63) is 83.4 Å². The first kappa shape index (κ1) is 21.9. The molecule has 0 radical (unpaired) electrons. The van der Waals surface area contributed by atoms with Crippen LogP contribution in [0.25, 0.3) is 0 Å². The molecular formula is C23H26N2O4. The van der Waals surface area contributed by atoms with E-state index in [-0.39, 0.29) is 11.9 Å². The Bertz CT molecular complexity index is 893. The van der Waals surface area contributed by atoms with E-state index in [4.69, 9.17) is 5.11 Å². The van der Waals surface area contributed by atoms with Crippen molar-refractivity contribution in [1.82, 2.24) is 10.2 Å². The lowest BCUT2D eigenvalue weighted by Crippen LogP contribution is -2.36. The van der Waals surface area contributed by atoms with Crippen LogP contribution in [-0.2, 0) is 16.0 Å². The van der Waals surface area contributed by atoms with Gasteiger partial charge in [-0.15, -0.1) is 0 Å². The van der Waals surface area contributed by atoms with Crippen LogP contribution in [0.2, 0.25) is 0 Å². The maximum Gasteiger partial charge on any atom is 0.328 e. The van der Waals surface area contributed by atoms with Crippen LogP contribution < -0.4 is 5.32 Å². The maximum atomic E-state index is 12.9. The molecule has 0 bridgehead atoms. The van der Waals surface area contributed by atoms with Gasteiger partial charge in [0.2, 0.25) is 5.91 Å². The van der Waals surface area contributed by atoms with E-state index in [1.54, 1.807) is 38.2 Å². The van der Waals surface area contributed by atoms with E-state index in [1.807, 2.05) is 37.3 Å². The number of carboxylic acid groups (broad SMARTS) is 1. The zero-order valence-electron chi connectivity index (χ0n) is 16.8. The van der Waals surface area contributed by atoms with Gasteiger partial charge in [-0.3, -0.25) is 9.59 Å². The minimum atomic E-state index is -1.19. The van der Waals surface area contributed by atoms with Crippen molar-refractivity contribution in [3.8, 4) is 0 Å². The van der Waals surface area contributed by atoms with Gasteiger partial charge in [0.05, 0.1) is 6.04 Å². The van der Waals surface area contributed by atoms with Crippen LogP contribution in [0.4, 0.5) is 0 Å². The van der Waals surface area contributed by atoms with Gasteiger partial charge in [-0.2, -0.15) is 0 Å². The van der Waals surface area contributed by atoms with Gasteiger partial charge in [0.15, 0.2) is 0 Å². The van der Waals surface area contributed by atoms with Gasteiger partial charge in [0, 0.05) is 30.8 Å². The monoisotopic (exact) mass is 394 g/mol. The summed E-state index contributed by atoms with van der Waals surface area (Å²) in [7, 11) is 1.58. The summed E-state index contributed by atoms with van der Waals surface area (Å²) in [5.74, 6) is -1.85. The summed E-state index contributed by atoms with van der Waals surface area (Å²) in [5, 5.41) is 11.7. The number of carbonyl (C=O) groups excluding carboxylic acids is 2. The second-order valence-electron chi connectivity index (χ2n) is 6.95. The normalized spacial score (nSPS) is 12.9. The number of amides is 2. The Hall–Kier alpha value is -3.41. The quantitative estimate of drug-likeness (QED) is 0.673. The summed E-state index contributed by atoms with van der Waals surface area (Å²) in [6.45, 7) is 3.75. The molecule has 0 aromatic heterocycles. The predicted molar refractivity (Wildman–Crippen MR) is 111 cm³/mol. The zero-order chi connectivity index (χ0) is 21.4. The summed E-state index contributed by atoms with van der Waals surface area (Å²) in [4.78, 5) is 37.1. The number of hydrogen-bond donors (Lipinski definition) is 2. The largest absolute Gasteiger partial charge is 0.478 e. The lowest BCUT2D eigenvalue weighted by Gasteiger charge is -2.26. The van der Waals surface area contributed by atoms with E-state index in [0.717, 1.165) is 17.7 Å². The van der Waals surface area contributed by atoms with Crippen LogP contribution in [0.1, 0.15) is 41.4 Å². The SMILES string of the molecule is CC(Cc1ccccc1)NC(=O)c1ccccc1C(C)N(C)C(=O)C=CC(=O)O. The number of nitrogens with one attached hydrogen (secondary N) is 1. The smallest absolute Gasteiger partial charge is 0.328 e. The number of carbonyl (C=O) groups is 3. The molecule has 152 valence electrons. The van der Waals surface area contributed by atoms with E-state index < -0.39 is 17.9 Å². The third-order valence-corrected chi connectivity index (χ3v) is 4.71. The average Bonchev–Trinajstić information content (AvgIpc) is 2.71. The van der Waals surface area contributed by atoms with E-state index in [2.05, 4.69) is 5.32 Å². The molecule has 0 spiro atoms. The fourth-order valence-corrected chi connectivity index (χ4v) is 3.05. The summed E-state index contributed by atoms with van der Waals surface area (Å²) in [6.07, 6.45) is 2.52. The van der Waals surface area contributed by atoms with Gasteiger partial charge in [-0.1, -0.05) is 48.5 Å². The molecule has 0 heterocycles. The Morgan fingerprint density at radius 2 is 1.62 bits per heavy atom. The summed E-state index contributed by atoms with van der Waals surface area (Å²) < 4.78 is 0. The molecule has 29 heavy (non-hydrogen) atoms. The standard InChI is InChI=1S/C23H26N2O4/c1-16(15-18-9-5-4-6-10-18)24-23(29)20-12-8-7-11-19(20)17(2)25(3)21(26)13-14-22(27)28/h4-14,16-17H,15H2,1-3H3,(H,24,29)(H,27,28). The number of nitrogens with zero attached hydrogens (tertiary/aromatic N) is 1. The third-order valence-electron chi connectivity index (χ3n) is 4.71. The highest BCUT2D eigenvalue weighted by Gasteiger charge is 2.22. The van der Waals surface area contributed by atoms with E-state index in [1.165, 1.54) is 4.90 Å². The molecule has 0 aliphatic carbocycles. The Balaban J connectivity index is 2.13. The molecule has 6 heteroatoms. The highest BCUT2D eigenvalue weighted by Crippen LogP contribution is 2.23. The summed E-state index contributed by atoms with van der Waals surface area (Å²) >= 11 is 0. The Morgan fingerprint density at radius 3 is 2.28 bits per heavy atom. The molecule has 0 saturated carbocycles. The molecule has 2 N–H and O–H groups in total. The summed E-state index contributed by atoms with van der Waals surface area (Å²) in [6, 6.07) is 16.5. The second-order valence-corrected chi connectivity index (χ2v) is 6.95. The fourth-order valence-electron chi connectivity index (χ4n) is 3.05. The fraction of sp³-hybridized carbons (Fsp3) is 0.261. The van der Waals surface area contributed by atoms with E-state index in [0.29, 0.717) is 17.5 Å².